The summed E-state index contributed by atoms with van der Waals surface area (Å²) in [4.78, 5) is 12.4. The van der Waals surface area contributed by atoms with Crippen LogP contribution in [0.2, 0.25) is 0 Å². The minimum absolute atomic E-state index is 0.801. The average molecular weight is 466 g/mol. The van der Waals surface area contributed by atoms with Crippen LogP contribution in [0.3, 0.4) is 0 Å². The standard InChI is InChI=1S/C30H35N5/c1-4-28-33-29-20(2)15-21(3)31-30(29)35(28)19-23-8-12-27-25(17-23)10-9-24-16-22(7-11-26(24)32-27)18-34-13-5-6-14-34/h7-8,11-12,15-17,32H,4-6,9-10,13-14,18-19H2,1-3H3. The molecule has 4 heterocycles. The van der Waals surface area contributed by atoms with Crippen molar-refractivity contribution in [1.29, 1.82) is 0 Å². The van der Waals surface area contributed by atoms with E-state index in [4.69, 9.17) is 9.97 Å². The van der Waals surface area contributed by atoms with Gasteiger partial charge in [-0.1, -0.05) is 31.2 Å². The van der Waals surface area contributed by atoms with Crippen LogP contribution in [0, 0.1) is 13.8 Å². The molecule has 0 atom stereocenters. The predicted octanol–water partition coefficient (Wildman–Crippen LogP) is 6.10. The van der Waals surface area contributed by atoms with Crippen LogP contribution in [0.15, 0.2) is 42.5 Å². The first-order valence-corrected chi connectivity index (χ1v) is 13.1. The van der Waals surface area contributed by atoms with E-state index < -0.39 is 0 Å². The van der Waals surface area contributed by atoms with Gasteiger partial charge >= 0.3 is 0 Å². The van der Waals surface area contributed by atoms with Crippen LogP contribution in [0.5, 0.6) is 0 Å². The molecule has 180 valence electrons. The zero-order chi connectivity index (χ0) is 23.9. The zero-order valence-electron chi connectivity index (χ0n) is 21.2. The summed E-state index contributed by atoms with van der Waals surface area (Å²) in [5.74, 6) is 1.10. The minimum Gasteiger partial charge on any atom is -0.355 e. The maximum atomic E-state index is 4.93. The minimum atomic E-state index is 0.801. The third-order valence-electron chi connectivity index (χ3n) is 7.64. The molecule has 2 aliphatic rings. The van der Waals surface area contributed by atoms with Crippen LogP contribution in [-0.2, 0) is 32.4 Å². The number of rotatable bonds is 5. The lowest BCUT2D eigenvalue weighted by atomic mass is 10.0. The fraction of sp³-hybridized carbons (Fsp3) is 0.400. The van der Waals surface area contributed by atoms with Crippen molar-refractivity contribution >= 4 is 22.5 Å². The predicted molar refractivity (Wildman–Crippen MR) is 144 cm³/mol. The second kappa shape index (κ2) is 9.12. The Balaban J connectivity index is 1.26. The largest absolute Gasteiger partial charge is 0.355 e. The van der Waals surface area contributed by atoms with E-state index in [2.05, 4.69) is 78.0 Å². The first-order chi connectivity index (χ1) is 17.1. The Morgan fingerprint density at radius 3 is 2.14 bits per heavy atom. The van der Waals surface area contributed by atoms with Gasteiger partial charge in [-0.25, -0.2) is 9.97 Å². The van der Waals surface area contributed by atoms with Gasteiger partial charge in [0, 0.05) is 30.0 Å². The summed E-state index contributed by atoms with van der Waals surface area (Å²) in [7, 11) is 0. The van der Waals surface area contributed by atoms with E-state index in [0.29, 0.717) is 0 Å². The maximum Gasteiger partial charge on any atom is 0.160 e. The van der Waals surface area contributed by atoms with Gasteiger partial charge in [0.25, 0.3) is 0 Å². The molecule has 0 unspecified atom stereocenters. The van der Waals surface area contributed by atoms with E-state index in [1.165, 1.54) is 65.1 Å². The molecule has 1 saturated heterocycles. The highest BCUT2D eigenvalue weighted by Gasteiger charge is 2.18. The Bertz CT molecular complexity index is 1390. The van der Waals surface area contributed by atoms with Crippen molar-refractivity contribution in [3.05, 3.63) is 81.8 Å². The van der Waals surface area contributed by atoms with Crippen molar-refractivity contribution in [2.75, 3.05) is 18.4 Å². The van der Waals surface area contributed by atoms with Crippen LogP contribution >= 0.6 is 0 Å². The molecule has 4 aromatic rings. The summed E-state index contributed by atoms with van der Waals surface area (Å²) in [6, 6.07) is 16.0. The molecule has 5 heteroatoms. The highest BCUT2D eigenvalue weighted by atomic mass is 15.1. The van der Waals surface area contributed by atoms with Gasteiger partial charge < -0.3 is 9.88 Å². The average Bonchev–Trinajstić information content (AvgIpc) is 3.43. The Morgan fingerprint density at radius 1 is 0.829 bits per heavy atom. The monoisotopic (exact) mass is 465 g/mol. The lowest BCUT2D eigenvalue weighted by Crippen LogP contribution is -2.18. The number of pyridine rings is 1. The molecule has 0 bridgehead atoms. The Kier molecular flexibility index (Phi) is 5.81. The Morgan fingerprint density at radius 2 is 1.49 bits per heavy atom. The normalized spacial score (nSPS) is 15.6. The molecule has 5 nitrogen and oxygen atoms in total. The van der Waals surface area contributed by atoms with Crippen molar-refractivity contribution in [2.24, 2.45) is 0 Å². The van der Waals surface area contributed by atoms with Crippen molar-refractivity contribution in [2.45, 2.75) is 66.0 Å². The fourth-order valence-corrected chi connectivity index (χ4v) is 5.83. The highest BCUT2D eigenvalue weighted by Crippen LogP contribution is 2.32. The number of fused-ring (bicyclic) bond motifs is 3. The molecule has 0 amide bonds. The van der Waals surface area contributed by atoms with Crippen molar-refractivity contribution in [3.63, 3.8) is 0 Å². The number of benzene rings is 2. The third kappa shape index (κ3) is 4.34. The molecular formula is C30H35N5. The maximum absolute atomic E-state index is 4.93. The Labute approximate surface area is 208 Å². The number of aromatic nitrogens is 3. The van der Waals surface area contributed by atoms with Crippen LogP contribution in [0.25, 0.3) is 11.2 Å². The van der Waals surface area contributed by atoms with E-state index in [1.807, 2.05) is 0 Å². The lowest BCUT2D eigenvalue weighted by Gasteiger charge is -2.16. The molecule has 0 aliphatic carbocycles. The van der Waals surface area contributed by atoms with Crippen LogP contribution < -0.4 is 5.32 Å². The second-order valence-electron chi connectivity index (χ2n) is 10.3. The van der Waals surface area contributed by atoms with Crippen molar-refractivity contribution in [3.8, 4) is 0 Å². The van der Waals surface area contributed by atoms with Crippen LogP contribution in [0.4, 0.5) is 11.4 Å². The number of nitrogens with zero attached hydrogens (tertiary/aromatic N) is 4. The molecule has 1 fully saturated rings. The van der Waals surface area contributed by atoms with E-state index >= 15 is 0 Å². The van der Waals surface area contributed by atoms with Crippen molar-refractivity contribution in [1.82, 2.24) is 19.4 Å². The van der Waals surface area contributed by atoms with E-state index in [9.17, 15) is 0 Å². The summed E-state index contributed by atoms with van der Waals surface area (Å²) >= 11 is 0. The van der Waals surface area contributed by atoms with Gasteiger partial charge in [0.05, 0.1) is 6.54 Å². The zero-order valence-corrected chi connectivity index (χ0v) is 21.2. The third-order valence-corrected chi connectivity index (χ3v) is 7.64. The number of hydrogen-bond donors (Lipinski definition) is 1. The molecule has 2 aliphatic heterocycles. The van der Waals surface area contributed by atoms with Crippen LogP contribution in [-0.4, -0.2) is 32.5 Å². The summed E-state index contributed by atoms with van der Waals surface area (Å²) in [5.41, 5.74) is 12.3. The van der Waals surface area contributed by atoms with E-state index in [0.717, 1.165) is 55.0 Å². The van der Waals surface area contributed by atoms with E-state index in [-0.39, 0.29) is 0 Å². The molecular weight excluding hydrogens is 430 g/mol. The van der Waals surface area contributed by atoms with E-state index in [1.54, 1.807) is 0 Å². The van der Waals surface area contributed by atoms with Gasteiger partial charge in [-0.05, 0) is 98.6 Å². The number of anilines is 2. The SMILES string of the molecule is CCc1nc2c(C)cc(C)nc2n1Cc1ccc2c(c1)CCc1cc(CN3CCCC3)ccc1N2. The number of likely N-dealkylation sites (tertiary alicyclic amines) is 1. The summed E-state index contributed by atoms with van der Waals surface area (Å²) < 4.78 is 2.31. The number of aryl methyl sites for hydroxylation is 5. The summed E-state index contributed by atoms with van der Waals surface area (Å²) in [6.45, 7) is 10.7. The van der Waals surface area contributed by atoms with Crippen molar-refractivity contribution < 1.29 is 0 Å². The highest BCUT2D eigenvalue weighted by molar-refractivity contribution is 5.76. The summed E-state index contributed by atoms with van der Waals surface area (Å²) in [6.07, 6.45) is 5.71. The first kappa shape index (κ1) is 22.3. The fourth-order valence-electron chi connectivity index (χ4n) is 5.83. The van der Waals surface area contributed by atoms with Gasteiger partial charge in [-0.2, -0.15) is 0 Å². The smallest absolute Gasteiger partial charge is 0.160 e. The van der Waals surface area contributed by atoms with Gasteiger partial charge in [0.15, 0.2) is 5.65 Å². The van der Waals surface area contributed by atoms with Gasteiger partial charge in [-0.3, -0.25) is 4.90 Å². The number of nitrogens with one attached hydrogen (secondary N) is 1. The number of imidazole rings is 1. The molecule has 1 N–H and O–H groups in total. The molecule has 0 saturated carbocycles. The molecule has 6 rings (SSSR count). The van der Waals surface area contributed by atoms with Gasteiger partial charge in [-0.15, -0.1) is 0 Å². The molecule has 0 radical (unpaired) electrons. The Hall–Kier alpha value is -3.18. The topological polar surface area (TPSA) is 46.0 Å². The molecule has 2 aromatic heterocycles. The second-order valence-corrected chi connectivity index (χ2v) is 10.3. The lowest BCUT2D eigenvalue weighted by molar-refractivity contribution is 0.331. The van der Waals surface area contributed by atoms with Gasteiger partial charge in [0.1, 0.15) is 11.3 Å². The van der Waals surface area contributed by atoms with Gasteiger partial charge in [0.2, 0.25) is 0 Å². The molecule has 35 heavy (non-hydrogen) atoms. The summed E-state index contributed by atoms with van der Waals surface area (Å²) in [5, 5.41) is 3.73. The molecule has 2 aromatic carbocycles. The quantitative estimate of drug-likeness (QED) is 0.387. The van der Waals surface area contributed by atoms with Crippen LogP contribution in [0.1, 0.15) is 59.1 Å². The first-order valence-electron chi connectivity index (χ1n) is 13.1. The molecule has 0 spiro atoms. The number of hydrogen-bond acceptors (Lipinski definition) is 4.